The Morgan fingerprint density at radius 2 is 2.25 bits per heavy atom. The van der Waals surface area contributed by atoms with E-state index in [1.54, 1.807) is 24.7 Å². The van der Waals surface area contributed by atoms with E-state index in [2.05, 4.69) is 10.3 Å². The number of benzene rings is 1. The summed E-state index contributed by atoms with van der Waals surface area (Å²) in [5.74, 6) is -0.196. The molecule has 4 nitrogen and oxygen atoms in total. The molecule has 0 saturated heterocycles. The zero-order valence-electron chi connectivity index (χ0n) is 10.6. The molecule has 1 N–H and O–H groups in total. The van der Waals surface area contributed by atoms with E-state index in [1.165, 1.54) is 24.5 Å². The van der Waals surface area contributed by atoms with Crippen molar-refractivity contribution in [2.24, 2.45) is 0 Å². The first-order valence-electron chi connectivity index (χ1n) is 5.85. The lowest BCUT2D eigenvalue weighted by Crippen LogP contribution is -1.93. The maximum Gasteiger partial charge on any atom is 0.187 e. The lowest BCUT2D eigenvalue weighted by Gasteiger charge is -2.05. The van der Waals surface area contributed by atoms with E-state index in [0.717, 1.165) is 11.3 Å². The molecule has 20 heavy (non-hydrogen) atoms. The van der Waals surface area contributed by atoms with Gasteiger partial charge in [0.2, 0.25) is 0 Å². The molecular formula is C14H11FN2O2S. The van der Waals surface area contributed by atoms with E-state index in [4.69, 9.17) is 9.15 Å². The topological polar surface area (TPSA) is 47.3 Å². The highest BCUT2D eigenvalue weighted by Crippen LogP contribution is 2.28. The van der Waals surface area contributed by atoms with Gasteiger partial charge in [-0.2, -0.15) is 0 Å². The van der Waals surface area contributed by atoms with E-state index in [0.29, 0.717) is 10.8 Å². The van der Waals surface area contributed by atoms with Gasteiger partial charge in [-0.1, -0.05) is 0 Å². The number of furan rings is 1. The average molecular weight is 290 g/mol. The monoisotopic (exact) mass is 290 g/mol. The standard InChI is InChI=1S/C14H11FN2O2S/c1-18-13-3-2-10(6-11(13)15)16-14-17-12(8-20-14)9-4-5-19-7-9/h2-8H,1H3,(H,16,17). The van der Waals surface area contributed by atoms with Gasteiger partial charge in [0.15, 0.2) is 16.7 Å². The molecule has 0 fully saturated rings. The number of methoxy groups -OCH3 is 1. The van der Waals surface area contributed by atoms with Crippen molar-refractivity contribution < 1.29 is 13.5 Å². The number of thiazole rings is 1. The van der Waals surface area contributed by atoms with E-state index < -0.39 is 5.82 Å². The van der Waals surface area contributed by atoms with Gasteiger partial charge in [-0.3, -0.25) is 0 Å². The van der Waals surface area contributed by atoms with Crippen LogP contribution in [0.3, 0.4) is 0 Å². The van der Waals surface area contributed by atoms with Gasteiger partial charge in [0.25, 0.3) is 0 Å². The summed E-state index contributed by atoms with van der Waals surface area (Å²) in [7, 11) is 1.43. The van der Waals surface area contributed by atoms with Crippen molar-refractivity contribution in [1.29, 1.82) is 0 Å². The maximum absolute atomic E-state index is 13.6. The number of nitrogens with one attached hydrogen (secondary N) is 1. The summed E-state index contributed by atoms with van der Waals surface area (Å²) in [4.78, 5) is 4.41. The van der Waals surface area contributed by atoms with Crippen LogP contribution in [0.25, 0.3) is 11.3 Å². The molecule has 6 heteroatoms. The molecule has 0 aliphatic rings. The third kappa shape index (κ3) is 2.50. The Morgan fingerprint density at radius 1 is 1.35 bits per heavy atom. The van der Waals surface area contributed by atoms with Crippen molar-refractivity contribution in [2.45, 2.75) is 0 Å². The first-order valence-corrected chi connectivity index (χ1v) is 6.73. The van der Waals surface area contributed by atoms with Crippen molar-refractivity contribution in [3.05, 3.63) is 48.0 Å². The summed E-state index contributed by atoms with van der Waals surface area (Å²) < 4.78 is 23.5. The van der Waals surface area contributed by atoms with Crippen LogP contribution >= 0.6 is 11.3 Å². The molecule has 102 valence electrons. The number of rotatable bonds is 4. The van der Waals surface area contributed by atoms with Crippen LogP contribution in [0.4, 0.5) is 15.2 Å². The SMILES string of the molecule is COc1ccc(Nc2nc(-c3ccoc3)cs2)cc1F. The quantitative estimate of drug-likeness (QED) is 0.778. The second-order valence-electron chi connectivity index (χ2n) is 4.02. The summed E-state index contributed by atoms with van der Waals surface area (Å²) in [5, 5.41) is 5.66. The zero-order valence-corrected chi connectivity index (χ0v) is 11.4. The van der Waals surface area contributed by atoms with Crippen molar-refractivity contribution in [2.75, 3.05) is 12.4 Å². The Kier molecular flexibility index (Phi) is 3.39. The Labute approximate surface area is 118 Å². The highest BCUT2D eigenvalue weighted by atomic mass is 32.1. The van der Waals surface area contributed by atoms with Gasteiger partial charge >= 0.3 is 0 Å². The minimum Gasteiger partial charge on any atom is -0.494 e. The van der Waals surface area contributed by atoms with Crippen molar-refractivity contribution in [1.82, 2.24) is 4.98 Å². The molecule has 0 radical (unpaired) electrons. The molecule has 0 amide bonds. The molecule has 0 atom stereocenters. The number of hydrogen-bond donors (Lipinski definition) is 1. The van der Waals surface area contributed by atoms with Crippen LogP contribution in [-0.2, 0) is 0 Å². The van der Waals surface area contributed by atoms with Crippen molar-refractivity contribution >= 4 is 22.2 Å². The van der Waals surface area contributed by atoms with E-state index in [9.17, 15) is 4.39 Å². The molecule has 0 aliphatic heterocycles. The molecule has 0 unspecified atom stereocenters. The Hall–Kier alpha value is -2.34. The number of aromatic nitrogens is 1. The zero-order chi connectivity index (χ0) is 13.9. The molecule has 2 heterocycles. The largest absolute Gasteiger partial charge is 0.494 e. The Balaban J connectivity index is 1.80. The second kappa shape index (κ2) is 5.34. The molecule has 0 spiro atoms. The van der Waals surface area contributed by atoms with Crippen LogP contribution in [-0.4, -0.2) is 12.1 Å². The summed E-state index contributed by atoms with van der Waals surface area (Å²) in [6, 6.07) is 6.52. The number of nitrogens with zero attached hydrogens (tertiary/aromatic N) is 1. The first-order chi connectivity index (χ1) is 9.76. The summed E-state index contributed by atoms with van der Waals surface area (Å²) in [6.45, 7) is 0. The van der Waals surface area contributed by atoms with Gasteiger partial charge < -0.3 is 14.5 Å². The van der Waals surface area contributed by atoms with E-state index in [-0.39, 0.29) is 5.75 Å². The van der Waals surface area contributed by atoms with E-state index >= 15 is 0 Å². The molecule has 3 rings (SSSR count). The van der Waals surface area contributed by atoms with Crippen LogP contribution in [0.15, 0.2) is 46.6 Å². The number of anilines is 2. The summed E-state index contributed by atoms with van der Waals surface area (Å²) in [6.07, 6.45) is 3.23. The number of hydrogen-bond acceptors (Lipinski definition) is 5. The Morgan fingerprint density at radius 3 is 2.95 bits per heavy atom. The molecule has 3 aromatic rings. The fourth-order valence-corrected chi connectivity index (χ4v) is 2.48. The first kappa shape index (κ1) is 12.7. The predicted molar refractivity (Wildman–Crippen MR) is 76.1 cm³/mol. The third-order valence-electron chi connectivity index (χ3n) is 2.72. The molecule has 1 aromatic carbocycles. The fourth-order valence-electron chi connectivity index (χ4n) is 1.74. The molecule has 0 bridgehead atoms. The van der Waals surface area contributed by atoms with Crippen LogP contribution in [0.1, 0.15) is 0 Å². The summed E-state index contributed by atoms with van der Waals surface area (Å²) in [5.41, 5.74) is 2.35. The second-order valence-corrected chi connectivity index (χ2v) is 4.88. The molecule has 0 aliphatic carbocycles. The van der Waals surface area contributed by atoms with Gasteiger partial charge in [0.05, 0.1) is 25.3 Å². The predicted octanol–water partition coefficient (Wildman–Crippen LogP) is 4.29. The van der Waals surface area contributed by atoms with Crippen LogP contribution in [0, 0.1) is 5.82 Å². The normalized spacial score (nSPS) is 10.5. The van der Waals surface area contributed by atoms with Crippen LogP contribution in [0.5, 0.6) is 5.75 Å². The molecular weight excluding hydrogens is 279 g/mol. The minimum atomic E-state index is -0.413. The van der Waals surface area contributed by atoms with Crippen LogP contribution < -0.4 is 10.1 Å². The smallest absolute Gasteiger partial charge is 0.187 e. The third-order valence-corrected chi connectivity index (χ3v) is 3.48. The Bertz CT molecular complexity index is 710. The van der Waals surface area contributed by atoms with Crippen molar-refractivity contribution in [3.8, 4) is 17.0 Å². The lowest BCUT2D eigenvalue weighted by atomic mass is 10.3. The molecule has 0 saturated carbocycles. The van der Waals surface area contributed by atoms with Gasteiger partial charge in [-0.15, -0.1) is 11.3 Å². The highest BCUT2D eigenvalue weighted by molar-refractivity contribution is 7.14. The minimum absolute atomic E-state index is 0.216. The van der Waals surface area contributed by atoms with Crippen molar-refractivity contribution in [3.63, 3.8) is 0 Å². The lowest BCUT2D eigenvalue weighted by molar-refractivity contribution is 0.386. The van der Waals surface area contributed by atoms with Gasteiger partial charge in [0, 0.05) is 22.7 Å². The number of ether oxygens (including phenoxy) is 1. The average Bonchev–Trinajstić information content (AvgIpc) is 3.09. The number of halogens is 1. The van der Waals surface area contributed by atoms with Gasteiger partial charge in [-0.25, -0.2) is 9.37 Å². The maximum atomic E-state index is 13.6. The highest BCUT2D eigenvalue weighted by Gasteiger charge is 2.08. The molecule has 2 aromatic heterocycles. The van der Waals surface area contributed by atoms with Gasteiger partial charge in [-0.05, 0) is 18.2 Å². The van der Waals surface area contributed by atoms with Crippen LogP contribution in [0.2, 0.25) is 0 Å². The fraction of sp³-hybridized carbons (Fsp3) is 0.0714. The van der Waals surface area contributed by atoms with E-state index in [1.807, 2.05) is 11.4 Å². The van der Waals surface area contributed by atoms with Gasteiger partial charge in [0.1, 0.15) is 0 Å². The summed E-state index contributed by atoms with van der Waals surface area (Å²) >= 11 is 1.44.